The zero-order chi connectivity index (χ0) is 19.0. The first-order valence-electron chi connectivity index (χ1n) is 8.08. The minimum absolute atomic E-state index is 0.181. The van der Waals surface area contributed by atoms with Crippen LogP contribution in [0.3, 0.4) is 0 Å². The van der Waals surface area contributed by atoms with Gasteiger partial charge < -0.3 is 16.0 Å². The average Bonchev–Trinajstić information content (AvgIpc) is 3.08. The van der Waals surface area contributed by atoms with Crippen LogP contribution in [0.5, 0.6) is 0 Å². The molecule has 0 aliphatic heterocycles. The van der Waals surface area contributed by atoms with Crippen LogP contribution in [-0.4, -0.2) is 36.1 Å². The van der Waals surface area contributed by atoms with Crippen LogP contribution in [0.15, 0.2) is 29.5 Å². The van der Waals surface area contributed by atoms with Crippen molar-refractivity contribution in [3.63, 3.8) is 0 Å². The summed E-state index contributed by atoms with van der Waals surface area (Å²) in [6.07, 6.45) is -0.312. The first-order valence-corrected chi connectivity index (χ1v) is 8.90. The minimum Gasteiger partial charge on any atom is -0.368 e. The summed E-state index contributed by atoms with van der Waals surface area (Å²) in [5.74, 6) is 0.372. The monoisotopic (exact) mass is 386 g/mol. The van der Waals surface area contributed by atoms with Crippen LogP contribution in [0.4, 0.5) is 19.0 Å². The van der Waals surface area contributed by atoms with E-state index in [9.17, 15) is 13.2 Å². The van der Waals surface area contributed by atoms with Gasteiger partial charge in [0.05, 0.1) is 12.1 Å². The number of halogens is 3. The predicted octanol–water partition coefficient (Wildman–Crippen LogP) is 2.90. The molecule has 2 rings (SSSR count). The van der Waals surface area contributed by atoms with Gasteiger partial charge in [-0.1, -0.05) is 6.92 Å². The first kappa shape index (κ1) is 20.0. The van der Waals surface area contributed by atoms with Gasteiger partial charge in [0.15, 0.2) is 5.96 Å². The lowest BCUT2D eigenvalue weighted by Gasteiger charge is -2.14. The standard InChI is InChI=1S/C16H21F3N6S/c1-3-11-9-24-13(26-11)10-25-15(20-2)23-8-7-22-14-12(16(17,18)19)5-4-6-21-14/h4-6,9H,3,7-8,10H2,1-2H3,(H,21,22)(H2,20,23,25). The second-order valence-electron chi connectivity index (χ2n) is 5.25. The molecule has 10 heteroatoms. The Morgan fingerprint density at radius 3 is 2.69 bits per heavy atom. The molecule has 0 unspecified atom stereocenters. The van der Waals surface area contributed by atoms with E-state index in [2.05, 4.69) is 37.8 Å². The van der Waals surface area contributed by atoms with Gasteiger partial charge in [0.1, 0.15) is 10.8 Å². The Balaban J connectivity index is 1.78. The fourth-order valence-electron chi connectivity index (χ4n) is 2.11. The summed E-state index contributed by atoms with van der Waals surface area (Å²) < 4.78 is 38.7. The molecule has 0 bridgehead atoms. The third kappa shape index (κ3) is 5.87. The molecule has 0 aliphatic carbocycles. The molecule has 0 aromatic carbocycles. The van der Waals surface area contributed by atoms with Crippen LogP contribution in [0.1, 0.15) is 22.4 Å². The molecule has 0 aliphatic rings. The molecular weight excluding hydrogens is 365 g/mol. The number of hydrogen-bond acceptors (Lipinski definition) is 5. The third-order valence-electron chi connectivity index (χ3n) is 3.40. The minimum atomic E-state index is -4.44. The summed E-state index contributed by atoms with van der Waals surface area (Å²) in [4.78, 5) is 13.4. The third-order valence-corrected chi connectivity index (χ3v) is 4.55. The Bertz CT molecular complexity index is 729. The summed E-state index contributed by atoms with van der Waals surface area (Å²) in [5, 5.41) is 9.80. The number of thiazole rings is 1. The van der Waals surface area contributed by atoms with Crippen LogP contribution in [0, 0.1) is 0 Å². The fourth-order valence-corrected chi connectivity index (χ4v) is 2.91. The molecule has 3 N–H and O–H groups in total. The van der Waals surface area contributed by atoms with E-state index in [1.165, 1.54) is 17.1 Å². The van der Waals surface area contributed by atoms with Crippen LogP contribution in [0.25, 0.3) is 0 Å². The molecule has 0 fully saturated rings. The van der Waals surface area contributed by atoms with E-state index in [0.717, 1.165) is 17.5 Å². The van der Waals surface area contributed by atoms with E-state index in [0.29, 0.717) is 19.0 Å². The number of nitrogens with zero attached hydrogens (tertiary/aromatic N) is 3. The van der Waals surface area contributed by atoms with Crippen molar-refractivity contribution in [1.82, 2.24) is 20.6 Å². The lowest BCUT2D eigenvalue weighted by atomic mass is 10.2. The quantitative estimate of drug-likeness (QED) is 0.388. The van der Waals surface area contributed by atoms with Gasteiger partial charge in [-0.15, -0.1) is 11.3 Å². The molecule has 2 aromatic rings. The molecule has 0 saturated carbocycles. The molecule has 2 aromatic heterocycles. The maximum absolute atomic E-state index is 12.9. The lowest BCUT2D eigenvalue weighted by molar-refractivity contribution is -0.137. The highest BCUT2D eigenvalue weighted by Gasteiger charge is 2.33. The van der Waals surface area contributed by atoms with Gasteiger partial charge in [-0.3, -0.25) is 4.99 Å². The topological polar surface area (TPSA) is 74.2 Å². The van der Waals surface area contributed by atoms with Crippen molar-refractivity contribution >= 4 is 23.1 Å². The highest BCUT2D eigenvalue weighted by Crippen LogP contribution is 2.33. The van der Waals surface area contributed by atoms with Crippen LogP contribution >= 0.6 is 11.3 Å². The van der Waals surface area contributed by atoms with Crippen LogP contribution in [0.2, 0.25) is 0 Å². The zero-order valence-corrected chi connectivity index (χ0v) is 15.3. The number of guanidine groups is 1. The molecule has 0 saturated heterocycles. The number of pyridine rings is 1. The molecule has 26 heavy (non-hydrogen) atoms. The van der Waals surface area contributed by atoms with Gasteiger partial charge in [0.25, 0.3) is 0 Å². The molecule has 6 nitrogen and oxygen atoms in total. The summed E-state index contributed by atoms with van der Waals surface area (Å²) in [6.45, 7) is 3.25. The summed E-state index contributed by atoms with van der Waals surface area (Å²) in [7, 11) is 1.63. The van der Waals surface area contributed by atoms with E-state index in [-0.39, 0.29) is 12.4 Å². The van der Waals surface area contributed by atoms with Gasteiger partial charge in [-0.25, -0.2) is 9.97 Å². The summed E-state index contributed by atoms with van der Waals surface area (Å²) >= 11 is 1.63. The van der Waals surface area contributed by atoms with Crippen LogP contribution < -0.4 is 16.0 Å². The van der Waals surface area contributed by atoms with Gasteiger partial charge in [0.2, 0.25) is 0 Å². The second kappa shape index (κ2) is 9.37. The van der Waals surface area contributed by atoms with E-state index >= 15 is 0 Å². The Hall–Kier alpha value is -2.36. The normalized spacial score (nSPS) is 12.1. The van der Waals surface area contributed by atoms with E-state index < -0.39 is 11.7 Å². The highest BCUT2D eigenvalue weighted by atomic mass is 32.1. The molecule has 0 spiro atoms. The Labute approximate surface area is 154 Å². The van der Waals surface area contributed by atoms with Gasteiger partial charge in [0, 0.05) is 37.4 Å². The fraction of sp³-hybridized carbons (Fsp3) is 0.438. The van der Waals surface area contributed by atoms with Gasteiger partial charge in [-0.05, 0) is 18.6 Å². The molecule has 2 heterocycles. The molecule has 142 valence electrons. The number of aliphatic imine (C=N–C) groups is 1. The van der Waals surface area contributed by atoms with Crippen molar-refractivity contribution in [2.75, 3.05) is 25.5 Å². The first-order chi connectivity index (χ1) is 12.4. The zero-order valence-electron chi connectivity index (χ0n) is 14.5. The average molecular weight is 386 g/mol. The smallest absolute Gasteiger partial charge is 0.368 e. The number of nitrogens with one attached hydrogen (secondary N) is 3. The Morgan fingerprint density at radius 2 is 2.04 bits per heavy atom. The second-order valence-corrected chi connectivity index (χ2v) is 6.45. The highest BCUT2D eigenvalue weighted by molar-refractivity contribution is 7.11. The van der Waals surface area contributed by atoms with Gasteiger partial charge in [-0.2, -0.15) is 13.2 Å². The van der Waals surface area contributed by atoms with E-state index in [4.69, 9.17) is 0 Å². The maximum Gasteiger partial charge on any atom is 0.419 e. The largest absolute Gasteiger partial charge is 0.419 e. The van der Waals surface area contributed by atoms with Crippen molar-refractivity contribution in [1.29, 1.82) is 0 Å². The molecule has 0 amide bonds. The maximum atomic E-state index is 12.9. The number of alkyl halides is 3. The Kier molecular flexibility index (Phi) is 7.19. The molecular formula is C16H21F3N6S. The Morgan fingerprint density at radius 1 is 1.23 bits per heavy atom. The van der Waals surface area contributed by atoms with Gasteiger partial charge >= 0.3 is 6.18 Å². The number of rotatable bonds is 7. The van der Waals surface area contributed by atoms with Crippen LogP contribution in [-0.2, 0) is 19.1 Å². The van der Waals surface area contributed by atoms with Crippen molar-refractivity contribution < 1.29 is 13.2 Å². The SMILES string of the molecule is CCc1cnc(CNC(=NC)NCCNc2ncccc2C(F)(F)F)s1. The summed E-state index contributed by atoms with van der Waals surface area (Å²) in [5.41, 5.74) is -0.780. The summed E-state index contributed by atoms with van der Waals surface area (Å²) in [6, 6.07) is 2.27. The number of aryl methyl sites for hydroxylation is 1. The number of anilines is 1. The molecule has 0 radical (unpaired) electrons. The van der Waals surface area contributed by atoms with Crippen molar-refractivity contribution in [3.8, 4) is 0 Å². The van der Waals surface area contributed by atoms with Crippen molar-refractivity contribution in [2.45, 2.75) is 26.1 Å². The number of hydrogen-bond donors (Lipinski definition) is 3. The number of aromatic nitrogens is 2. The van der Waals surface area contributed by atoms with E-state index in [1.54, 1.807) is 18.4 Å². The van der Waals surface area contributed by atoms with Crippen molar-refractivity contribution in [2.24, 2.45) is 4.99 Å². The van der Waals surface area contributed by atoms with E-state index in [1.807, 2.05) is 6.20 Å². The lowest BCUT2D eigenvalue weighted by Crippen LogP contribution is -2.39. The molecule has 0 atom stereocenters. The predicted molar refractivity (Wildman–Crippen MR) is 97.4 cm³/mol. The van der Waals surface area contributed by atoms with Crippen molar-refractivity contribution in [3.05, 3.63) is 40.0 Å².